The molecule has 5 heteroatoms. The molecule has 0 amide bonds. The summed E-state index contributed by atoms with van der Waals surface area (Å²) in [6.45, 7) is 4.03. The maximum Gasteiger partial charge on any atom is 0.416 e. The van der Waals surface area contributed by atoms with E-state index in [1.54, 1.807) is 24.3 Å². The Morgan fingerprint density at radius 1 is 0.724 bits per heavy atom. The molecule has 0 spiro atoms. The lowest BCUT2D eigenvalue weighted by molar-refractivity contribution is -0.137. The molecule has 3 rings (SSSR count). The third-order valence-corrected chi connectivity index (χ3v) is 4.53. The zero-order chi connectivity index (χ0) is 20.9. The van der Waals surface area contributed by atoms with E-state index in [2.05, 4.69) is 0 Å². The van der Waals surface area contributed by atoms with E-state index in [0.29, 0.717) is 22.6 Å². The van der Waals surface area contributed by atoms with Crippen LogP contribution in [0.2, 0.25) is 0 Å². The standard InChI is InChI=1S/C24H23F3O2/c1-17(2)23-18(15-28-21-9-5-3-6-10-21)13-20(24(25,26)27)14-19(23)16-29-22-11-7-4-8-12-22/h3-14,17H,15-16H2,1-2H3. The largest absolute Gasteiger partial charge is 0.489 e. The molecule has 3 aromatic rings. The van der Waals surface area contributed by atoms with Gasteiger partial charge >= 0.3 is 6.18 Å². The second kappa shape index (κ2) is 9.03. The summed E-state index contributed by atoms with van der Waals surface area (Å²) in [4.78, 5) is 0. The summed E-state index contributed by atoms with van der Waals surface area (Å²) in [6, 6.07) is 20.5. The van der Waals surface area contributed by atoms with Gasteiger partial charge in [-0.2, -0.15) is 13.2 Å². The molecular formula is C24H23F3O2. The van der Waals surface area contributed by atoms with Crippen molar-refractivity contribution in [2.24, 2.45) is 0 Å². The minimum absolute atomic E-state index is 0.0148. The fraction of sp³-hybridized carbons (Fsp3) is 0.250. The lowest BCUT2D eigenvalue weighted by atomic mass is 9.90. The van der Waals surface area contributed by atoms with Gasteiger partial charge in [-0.15, -0.1) is 0 Å². The fourth-order valence-corrected chi connectivity index (χ4v) is 3.28. The van der Waals surface area contributed by atoms with Crippen LogP contribution < -0.4 is 9.47 Å². The predicted molar refractivity (Wildman–Crippen MR) is 107 cm³/mol. The van der Waals surface area contributed by atoms with Crippen LogP contribution in [0, 0.1) is 0 Å². The molecule has 0 aliphatic heterocycles. The molecule has 29 heavy (non-hydrogen) atoms. The maximum atomic E-state index is 13.5. The molecule has 0 unspecified atom stereocenters. The van der Waals surface area contributed by atoms with Crippen molar-refractivity contribution >= 4 is 0 Å². The number of hydrogen-bond acceptors (Lipinski definition) is 2. The molecule has 2 nitrogen and oxygen atoms in total. The SMILES string of the molecule is CC(C)c1c(COc2ccccc2)cc(C(F)(F)F)cc1COc1ccccc1. The third-order valence-electron chi connectivity index (χ3n) is 4.53. The average molecular weight is 400 g/mol. The quantitative estimate of drug-likeness (QED) is 0.426. The van der Waals surface area contributed by atoms with Crippen LogP contribution in [0.1, 0.15) is 42.0 Å². The van der Waals surface area contributed by atoms with E-state index in [4.69, 9.17) is 9.47 Å². The molecule has 0 N–H and O–H groups in total. The second-order valence-electron chi connectivity index (χ2n) is 7.06. The first-order valence-electron chi connectivity index (χ1n) is 9.43. The van der Waals surface area contributed by atoms with Crippen LogP contribution >= 0.6 is 0 Å². The Hall–Kier alpha value is -2.95. The lowest BCUT2D eigenvalue weighted by Gasteiger charge is -2.21. The van der Waals surface area contributed by atoms with Crippen molar-refractivity contribution < 1.29 is 22.6 Å². The second-order valence-corrected chi connectivity index (χ2v) is 7.06. The summed E-state index contributed by atoms with van der Waals surface area (Å²) in [5.74, 6) is 1.24. The van der Waals surface area contributed by atoms with Gasteiger partial charge in [0.25, 0.3) is 0 Å². The topological polar surface area (TPSA) is 18.5 Å². The van der Waals surface area contributed by atoms with Crippen molar-refractivity contribution in [3.8, 4) is 11.5 Å². The van der Waals surface area contributed by atoms with Gasteiger partial charge in [-0.05, 0) is 59.0 Å². The highest BCUT2D eigenvalue weighted by molar-refractivity contribution is 5.42. The molecule has 0 aliphatic rings. The molecule has 0 aromatic heterocycles. The van der Waals surface area contributed by atoms with Crippen LogP contribution in [0.5, 0.6) is 11.5 Å². The molecule has 0 fully saturated rings. The Balaban J connectivity index is 1.95. The van der Waals surface area contributed by atoms with Gasteiger partial charge in [0.15, 0.2) is 0 Å². The summed E-state index contributed by atoms with van der Waals surface area (Å²) < 4.78 is 52.1. The molecule has 0 saturated carbocycles. The van der Waals surface area contributed by atoms with E-state index in [1.807, 2.05) is 50.2 Å². The first kappa shape index (κ1) is 20.8. The van der Waals surface area contributed by atoms with Crippen LogP contribution in [-0.2, 0) is 19.4 Å². The highest BCUT2D eigenvalue weighted by Crippen LogP contribution is 2.35. The van der Waals surface area contributed by atoms with Gasteiger partial charge in [-0.25, -0.2) is 0 Å². The maximum absolute atomic E-state index is 13.5. The number of alkyl halides is 3. The molecular weight excluding hydrogens is 377 g/mol. The molecule has 0 bridgehead atoms. The van der Waals surface area contributed by atoms with Crippen LogP contribution in [0.3, 0.4) is 0 Å². The summed E-state index contributed by atoms with van der Waals surface area (Å²) in [7, 11) is 0. The number of para-hydroxylation sites is 2. The van der Waals surface area contributed by atoms with Crippen molar-refractivity contribution in [3.05, 3.63) is 95.1 Å². The average Bonchev–Trinajstić information content (AvgIpc) is 2.71. The lowest BCUT2D eigenvalue weighted by Crippen LogP contribution is -2.13. The summed E-state index contributed by atoms with van der Waals surface area (Å²) in [5.41, 5.74) is 1.17. The number of hydrogen-bond donors (Lipinski definition) is 0. The Morgan fingerprint density at radius 2 is 1.14 bits per heavy atom. The first-order valence-corrected chi connectivity index (χ1v) is 9.43. The third kappa shape index (κ3) is 5.53. The number of rotatable bonds is 7. The van der Waals surface area contributed by atoms with Gasteiger partial charge in [0.1, 0.15) is 24.7 Å². The van der Waals surface area contributed by atoms with E-state index in [9.17, 15) is 13.2 Å². The van der Waals surface area contributed by atoms with Crippen LogP contribution in [0.15, 0.2) is 72.8 Å². The van der Waals surface area contributed by atoms with Crippen LogP contribution in [-0.4, -0.2) is 0 Å². The molecule has 0 aliphatic carbocycles. The molecule has 0 saturated heterocycles. The van der Waals surface area contributed by atoms with Crippen molar-refractivity contribution in [2.75, 3.05) is 0 Å². The van der Waals surface area contributed by atoms with Gasteiger partial charge in [0.2, 0.25) is 0 Å². The fourth-order valence-electron chi connectivity index (χ4n) is 3.28. The van der Waals surface area contributed by atoms with Crippen LogP contribution in [0.25, 0.3) is 0 Å². The first-order chi connectivity index (χ1) is 13.8. The van der Waals surface area contributed by atoms with E-state index >= 15 is 0 Å². The zero-order valence-electron chi connectivity index (χ0n) is 16.4. The van der Waals surface area contributed by atoms with E-state index in [-0.39, 0.29) is 19.1 Å². The van der Waals surface area contributed by atoms with Gasteiger partial charge in [0, 0.05) is 0 Å². The van der Waals surface area contributed by atoms with Gasteiger partial charge in [-0.3, -0.25) is 0 Å². The highest BCUT2D eigenvalue weighted by Gasteiger charge is 2.32. The highest BCUT2D eigenvalue weighted by atomic mass is 19.4. The molecule has 0 heterocycles. The van der Waals surface area contributed by atoms with Crippen molar-refractivity contribution in [1.29, 1.82) is 0 Å². The normalized spacial score (nSPS) is 11.5. The minimum atomic E-state index is -4.45. The van der Waals surface area contributed by atoms with Crippen molar-refractivity contribution in [2.45, 2.75) is 39.2 Å². The Bertz CT molecular complexity index is 855. The van der Waals surface area contributed by atoms with Gasteiger partial charge in [0.05, 0.1) is 5.56 Å². The minimum Gasteiger partial charge on any atom is -0.489 e. The van der Waals surface area contributed by atoms with Crippen LogP contribution in [0.4, 0.5) is 13.2 Å². The molecule has 0 atom stereocenters. The van der Waals surface area contributed by atoms with E-state index in [0.717, 1.165) is 5.56 Å². The van der Waals surface area contributed by atoms with Gasteiger partial charge in [-0.1, -0.05) is 50.2 Å². The Kier molecular flexibility index (Phi) is 6.47. The van der Waals surface area contributed by atoms with E-state index < -0.39 is 11.7 Å². The molecule has 152 valence electrons. The molecule has 0 radical (unpaired) electrons. The Labute approximate surface area is 168 Å². The summed E-state index contributed by atoms with van der Waals surface area (Å²) in [6.07, 6.45) is -4.45. The van der Waals surface area contributed by atoms with Gasteiger partial charge < -0.3 is 9.47 Å². The van der Waals surface area contributed by atoms with Crippen molar-refractivity contribution in [1.82, 2.24) is 0 Å². The number of ether oxygens (including phenoxy) is 2. The van der Waals surface area contributed by atoms with E-state index in [1.165, 1.54) is 12.1 Å². The number of halogens is 3. The predicted octanol–water partition coefficient (Wildman–Crippen LogP) is 6.99. The number of benzene rings is 3. The molecule has 3 aromatic carbocycles. The van der Waals surface area contributed by atoms with Crippen molar-refractivity contribution in [3.63, 3.8) is 0 Å². The Morgan fingerprint density at radius 3 is 1.48 bits per heavy atom. The monoisotopic (exact) mass is 400 g/mol. The summed E-state index contributed by atoms with van der Waals surface area (Å²) in [5, 5.41) is 0. The smallest absolute Gasteiger partial charge is 0.416 e. The zero-order valence-corrected chi connectivity index (χ0v) is 16.4. The summed E-state index contributed by atoms with van der Waals surface area (Å²) >= 11 is 0.